The maximum absolute atomic E-state index is 13.0. The highest BCUT2D eigenvalue weighted by atomic mass is 35.5. The molecule has 8 heteroatoms. The fourth-order valence-electron chi connectivity index (χ4n) is 4.18. The van der Waals surface area contributed by atoms with Crippen LogP contribution in [0.1, 0.15) is 51.2 Å². The molecule has 0 spiro atoms. The van der Waals surface area contributed by atoms with E-state index in [2.05, 4.69) is 33.9 Å². The number of nitrogens with zero attached hydrogens (tertiary/aromatic N) is 4. The summed E-state index contributed by atoms with van der Waals surface area (Å²) in [7, 11) is 0. The van der Waals surface area contributed by atoms with E-state index in [0.29, 0.717) is 17.4 Å². The zero-order chi connectivity index (χ0) is 23.8. The average molecular weight is 490 g/mol. The van der Waals surface area contributed by atoms with Gasteiger partial charge in [0.15, 0.2) is 5.82 Å². The minimum Gasteiger partial charge on any atom is -0.352 e. The highest BCUT2D eigenvalue weighted by Gasteiger charge is 2.32. The Kier molecular flexibility index (Phi) is 6.06. The summed E-state index contributed by atoms with van der Waals surface area (Å²) >= 11 is 7.86. The molecule has 1 N–H and O–H groups in total. The van der Waals surface area contributed by atoms with Crippen LogP contribution < -0.4 is 5.32 Å². The van der Waals surface area contributed by atoms with Crippen molar-refractivity contribution in [2.75, 3.05) is 0 Å². The number of amides is 1. The summed E-state index contributed by atoms with van der Waals surface area (Å²) < 4.78 is 2.06. The van der Waals surface area contributed by atoms with E-state index < -0.39 is 6.04 Å². The van der Waals surface area contributed by atoms with Gasteiger partial charge in [0.05, 0.1) is 12.1 Å². The second-order valence-electron chi connectivity index (χ2n) is 8.37. The quantitative estimate of drug-likeness (QED) is 0.402. The number of aliphatic imine (C=N–C) groups is 1. The molecule has 1 aliphatic rings. The molecule has 5 rings (SSSR count). The summed E-state index contributed by atoms with van der Waals surface area (Å²) in [5.41, 5.74) is 5.08. The highest BCUT2D eigenvalue weighted by molar-refractivity contribution is 7.15. The van der Waals surface area contributed by atoms with Gasteiger partial charge in [-0.25, -0.2) is 0 Å². The van der Waals surface area contributed by atoms with Gasteiger partial charge in [-0.3, -0.25) is 14.4 Å². The number of thiophene rings is 1. The van der Waals surface area contributed by atoms with Gasteiger partial charge in [-0.2, -0.15) is 0 Å². The number of hydrogen-bond donors (Lipinski definition) is 1. The first-order chi connectivity index (χ1) is 16.4. The molecule has 6 nitrogen and oxygen atoms in total. The van der Waals surface area contributed by atoms with Crippen LogP contribution in [-0.4, -0.2) is 26.4 Å². The largest absolute Gasteiger partial charge is 0.352 e. The third-order valence-corrected chi connectivity index (χ3v) is 7.51. The predicted molar refractivity (Wildman–Crippen MR) is 136 cm³/mol. The number of carbonyl (C=O) groups excluding carboxylic acids is 1. The normalized spacial score (nSPS) is 14.7. The number of benzene rings is 2. The molecular formula is C26H24ClN5OS. The highest BCUT2D eigenvalue weighted by Crippen LogP contribution is 2.39. The van der Waals surface area contributed by atoms with Gasteiger partial charge in [-0.15, -0.1) is 21.5 Å². The fraction of sp³-hybridized carbons (Fsp3) is 0.231. The van der Waals surface area contributed by atoms with Crippen molar-refractivity contribution in [1.82, 2.24) is 20.1 Å². The van der Waals surface area contributed by atoms with E-state index in [9.17, 15) is 4.79 Å². The zero-order valence-electron chi connectivity index (χ0n) is 19.2. The maximum Gasteiger partial charge on any atom is 0.222 e. The van der Waals surface area contributed by atoms with Gasteiger partial charge in [0.1, 0.15) is 16.9 Å². The summed E-state index contributed by atoms with van der Waals surface area (Å²) in [6.07, 6.45) is 0.176. The van der Waals surface area contributed by atoms with Crippen LogP contribution in [0, 0.1) is 20.8 Å². The number of carbonyl (C=O) groups is 1. The Labute approximate surface area is 207 Å². The van der Waals surface area contributed by atoms with Crippen molar-refractivity contribution in [3.63, 3.8) is 0 Å². The van der Waals surface area contributed by atoms with Crippen LogP contribution in [-0.2, 0) is 11.3 Å². The average Bonchev–Trinajstić information content (AvgIpc) is 3.31. The van der Waals surface area contributed by atoms with Crippen molar-refractivity contribution in [3.05, 3.63) is 98.4 Å². The van der Waals surface area contributed by atoms with Crippen LogP contribution in [0.5, 0.6) is 0 Å². The van der Waals surface area contributed by atoms with Crippen molar-refractivity contribution in [2.24, 2.45) is 4.99 Å². The summed E-state index contributed by atoms with van der Waals surface area (Å²) in [5, 5.41) is 13.5. The molecular weight excluding hydrogens is 466 g/mol. The van der Waals surface area contributed by atoms with Crippen molar-refractivity contribution < 1.29 is 4.79 Å². The third-order valence-electron chi connectivity index (χ3n) is 6.07. The Morgan fingerprint density at radius 2 is 1.79 bits per heavy atom. The number of fused-ring (bicyclic) bond motifs is 3. The van der Waals surface area contributed by atoms with Gasteiger partial charge in [-0.1, -0.05) is 54.1 Å². The first-order valence-electron chi connectivity index (χ1n) is 11.1. The number of aromatic nitrogens is 3. The van der Waals surface area contributed by atoms with Crippen LogP contribution in [0.4, 0.5) is 0 Å². The molecule has 2 aromatic carbocycles. The lowest BCUT2D eigenvalue weighted by molar-refractivity contribution is -0.121. The van der Waals surface area contributed by atoms with Gasteiger partial charge in [-0.05, 0) is 44.0 Å². The Hall–Kier alpha value is -3.29. The van der Waals surface area contributed by atoms with Crippen LogP contribution in [0.15, 0.2) is 59.6 Å². The lowest BCUT2D eigenvalue weighted by Gasteiger charge is -2.13. The topological polar surface area (TPSA) is 72.2 Å². The van der Waals surface area contributed by atoms with Gasteiger partial charge in [0, 0.05) is 27.6 Å². The van der Waals surface area contributed by atoms with Crippen molar-refractivity contribution in [2.45, 2.75) is 39.8 Å². The third kappa shape index (κ3) is 4.17. The van der Waals surface area contributed by atoms with Crippen LogP contribution in [0.25, 0.3) is 5.00 Å². The van der Waals surface area contributed by atoms with E-state index >= 15 is 0 Å². The summed E-state index contributed by atoms with van der Waals surface area (Å²) in [4.78, 5) is 19.3. The lowest BCUT2D eigenvalue weighted by Crippen LogP contribution is -2.25. The summed E-state index contributed by atoms with van der Waals surface area (Å²) in [6, 6.07) is 17.1. The number of hydrogen-bond acceptors (Lipinski definition) is 5. The second kappa shape index (κ2) is 9.16. The minimum atomic E-state index is -0.470. The lowest BCUT2D eigenvalue weighted by atomic mass is 9.99. The smallest absolute Gasteiger partial charge is 0.222 e. The van der Waals surface area contributed by atoms with Crippen molar-refractivity contribution in [3.8, 4) is 5.00 Å². The minimum absolute atomic E-state index is 0.0848. The molecule has 1 atom stereocenters. The number of nitrogens with one attached hydrogen (secondary N) is 1. The first kappa shape index (κ1) is 22.5. The molecule has 4 aromatic rings. The first-order valence-corrected chi connectivity index (χ1v) is 12.3. The summed E-state index contributed by atoms with van der Waals surface area (Å²) in [5.74, 6) is 1.37. The molecule has 0 saturated heterocycles. The van der Waals surface area contributed by atoms with Crippen molar-refractivity contribution in [1.29, 1.82) is 0 Å². The molecule has 34 heavy (non-hydrogen) atoms. The van der Waals surface area contributed by atoms with E-state index in [1.54, 1.807) is 11.3 Å². The van der Waals surface area contributed by atoms with E-state index in [1.165, 1.54) is 10.4 Å². The Bertz CT molecular complexity index is 1390. The van der Waals surface area contributed by atoms with E-state index in [0.717, 1.165) is 33.2 Å². The SMILES string of the molecule is Cc1sc2c(c1C)C(c1ccc(Cl)cc1)=N[C@@H](CC(=O)NCc1ccccc1)c1nnc(C)n1-2. The molecule has 0 fully saturated rings. The van der Waals surface area contributed by atoms with E-state index in [-0.39, 0.29) is 12.3 Å². The monoisotopic (exact) mass is 489 g/mol. The Balaban J connectivity index is 1.56. The van der Waals surface area contributed by atoms with E-state index in [1.807, 2.05) is 61.5 Å². The van der Waals surface area contributed by atoms with Crippen LogP contribution in [0.2, 0.25) is 5.02 Å². The molecule has 3 heterocycles. The van der Waals surface area contributed by atoms with Gasteiger partial charge in [0.2, 0.25) is 5.91 Å². The molecule has 0 aliphatic carbocycles. The Morgan fingerprint density at radius 3 is 2.53 bits per heavy atom. The molecule has 0 bridgehead atoms. The standard InChI is InChI=1S/C26H24ClN5OS/c1-15-16(2)34-26-23(15)24(19-9-11-20(27)12-10-19)29-21(25-31-30-17(3)32(25)26)13-22(33)28-14-18-7-5-4-6-8-18/h4-12,21H,13-14H2,1-3H3,(H,28,33)/t21-/m0/s1. The molecule has 0 radical (unpaired) electrons. The molecule has 172 valence electrons. The van der Waals surface area contributed by atoms with Crippen LogP contribution in [0.3, 0.4) is 0 Å². The Morgan fingerprint density at radius 1 is 1.06 bits per heavy atom. The van der Waals surface area contributed by atoms with Crippen LogP contribution >= 0.6 is 22.9 Å². The van der Waals surface area contributed by atoms with E-state index in [4.69, 9.17) is 16.6 Å². The number of aryl methyl sites for hydroxylation is 2. The summed E-state index contributed by atoms with van der Waals surface area (Å²) in [6.45, 7) is 6.63. The number of halogens is 1. The fourth-order valence-corrected chi connectivity index (χ4v) is 5.52. The maximum atomic E-state index is 13.0. The molecule has 0 unspecified atom stereocenters. The zero-order valence-corrected chi connectivity index (χ0v) is 20.7. The van der Waals surface area contributed by atoms with Gasteiger partial charge < -0.3 is 5.32 Å². The number of rotatable bonds is 5. The molecule has 1 amide bonds. The molecule has 1 aliphatic heterocycles. The van der Waals surface area contributed by atoms with Gasteiger partial charge >= 0.3 is 0 Å². The second-order valence-corrected chi connectivity index (χ2v) is 10.0. The predicted octanol–water partition coefficient (Wildman–Crippen LogP) is 5.51. The van der Waals surface area contributed by atoms with Gasteiger partial charge in [0.25, 0.3) is 0 Å². The molecule has 2 aromatic heterocycles. The van der Waals surface area contributed by atoms with Crippen molar-refractivity contribution >= 4 is 34.6 Å². The molecule has 0 saturated carbocycles.